The molecule has 3 nitrogen and oxygen atoms in total. The molecule has 94 valence electrons. The maximum atomic E-state index is 11.3. The van der Waals surface area contributed by atoms with Crippen LogP contribution in [0, 0.1) is 6.92 Å². The Morgan fingerprint density at radius 1 is 1.16 bits per heavy atom. The van der Waals surface area contributed by atoms with E-state index in [-0.39, 0.29) is 0 Å². The largest absolute Gasteiger partial charge is 0.477 e. The Labute approximate surface area is 114 Å². The SMILES string of the molecule is Cc1nc(-c2cccc3ccccc23)c(C(=O)O)s1. The molecule has 3 aromatic rings. The molecule has 1 aromatic heterocycles. The minimum absolute atomic E-state index is 0.300. The average Bonchev–Trinajstić information content (AvgIpc) is 2.80. The first-order chi connectivity index (χ1) is 9.16. The third-order valence-electron chi connectivity index (χ3n) is 2.97. The van der Waals surface area contributed by atoms with Gasteiger partial charge in [-0.3, -0.25) is 0 Å². The molecule has 0 aliphatic carbocycles. The fourth-order valence-corrected chi connectivity index (χ4v) is 2.96. The van der Waals surface area contributed by atoms with Gasteiger partial charge in [0.15, 0.2) is 0 Å². The fraction of sp³-hybridized carbons (Fsp3) is 0.0667. The van der Waals surface area contributed by atoms with Crippen LogP contribution >= 0.6 is 11.3 Å². The van der Waals surface area contributed by atoms with E-state index in [4.69, 9.17) is 0 Å². The topological polar surface area (TPSA) is 50.2 Å². The van der Waals surface area contributed by atoms with Crippen molar-refractivity contribution < 1.29 is 9.90 Å². The number of aromatic carboxylic acids is 1. The highest BCUT2D eigenvalue weighted by Crippen LogP contribution is 2.33. The van der Waals surface area contributed by atoms with Gasteiger partial charge in [-0.2, -0.15) is 0 Å². The molecule has 4 heteroatoms. The van der Waals surface area contributed by atoms with Gasteiger partial charge in [-0.05, 0) is 17.7 Å². The van der Waals surface area contributed by atoms with Crippen LogP contribution in [0.3, 0.4) is 0 Å². The van der Waals surface area contributed by atoms with Crippen molar-refractivity contribution in [1.82, 2.24) is 4.98 Å². The van der Waals surface area contributed by atoms with E-state index in [9.17, 15) is 9.90 Å². The van der Waals surface area contributed by atoms with Crippen molar-refractivity contribution in [3.05, 3.63) is 52.3 Å². The molecule has 0 fully saturated rings. The number of carboxylic acid groups (broad SMARTS) is 1. The minimum atomic E-state index is -0.923. The summed E-state index contributed by atoms with van der Waals surface area (Å²) in [6.07, 6.45) is 0. The van der Waals surface area contributed by atoms with Gasteiger partial charge in [0.05, 0.1) is 10.7 Å². The van der Waals surface area contributed by atoms with E-state index in [1.165, 1.54) is 11.3 Å². The van der Waals surface area contributed by atoms with Crippen LogP contribution in [0.25, 0.3) is 22.0 Å². The van der Waals surface area contributed by atoms with Crippen LogP contribution in [0.4, 0.5) is 0 Å². The summed E-state index contributed by atoms with van der Waals surface area (Å²) in [5, 5.41) is 12.2. The lowest BCUT2D eigenvalue weighted by atomic mass is 10.0. The molecule has 0 aliphatic heterocycles. The van der Waals surface area contributed by atoms with Crippen molar-refractivity contribution in [3.63, 3.8) is 0 Å². The first-order valence-corrected chi connectivity index (χ1v) is 6.67. The van der Waals surface area contributed by atoms with Crippen molar-refractivity contribution in [1.29, 1.82) is 0 Å². The number of hydrogen-bond acceptors (Lipinski definition) is 3. The maximum absolute atomic E-state index is 11.3. The average molecular weight is 269 g/mol. The lowest BCUT2D eigenvalue weighted by molar-refractivity contribution is 0.0702. The molecule has 2 aromatic carbocycles. The molecule has 0 saturated heterocycles. The number of aromatic nitrogens is 1. The van der Waals surface area contributed by atoms with Crippen molar-refractivity contribution in [2.24, 2.45) is 0 Å². The second kappa shape index (κ2) is 4.48. The third-order valence-corrected chi connectivity index (χ3v) is 3.93. The van der Waals surface area contributed by atoms with Crippen LogP contribution in [0.1, 0.15) is 14.7 Å². The van der Waals surface area contributed by atoms with Crippen LogP contribution in [0.2, 0.25) is 0 Å². The molecule has 0 bridgehead atoms. The van der Waals surface area contributed by atoms with E-state index in [2.05, 4.69) is 4.98 Å². The third kappa shape index (κ3) is 2.00. The fourth-order valence-electron chi connectivity index (χ4n) is 2.19. The summed E-state index contributed by atoms with van der Waals surface area (Å²) in [6, 6.07) is 13.8. The Morgan fingerprint density at radius 2 is 1.89 bits per heavy atom. The van der Waals surface area contributed by atoms with Crippen molar-refractivity contribution in [3.8, 4) is 11.3 Å². The van der Waals surface area contributed by atoms with Gasteiger partial charge >= 0.3 is 5.97 Å². The highest BCUT2D eigenvalue weighted by molar-refractivity contribution is 7.14. The van der Waals surface area contributed by atoms with E-state index in [1.807, 2.05) is 49.4 Å². The zero-order chi connectivity index (χ0) is 13.4. The number of hydrogen-bond donors (Lipinski definition) is 1. The van der Waals surface area contributed by atoms with Crippen molar-refractivity contribution in [2.75, 3.05) is 0 Å². The molecular formula is C15H11NO2S. The number of nitrogens with zero attached hydrogens (tertiary/aromatic N) is 1. The molecule has 0 amide bonds. The molecule has 0 radical (unpaired) electrons. The van der Waals surface area contributed by atoms with Crippen LogP contribution in [-0.4, -0.2) is 16.1 Å². The first-order valence-electron chi connectivity index (χ1n) is 5.85. The van der Waals surface area contributed by atoms with Crippen molar-refractivity contribution in [2.45, 2.75) is 6.92 Å². The lowest BCUT2D eigenvalue weighted by Gasteiger charge is -2.04. The summed E-state index contributed by atoms with van der Waals surface area (Å²) >= 11 is 1.22. The van der Waals surface area contributed by atoms with Gasteiger partial charge in [0.1, 0.15) is 4.88 Å². The molecule has 0 aliphatic rings. The van der Waals surface area contributed by atoms with Gasteiger partial charge in [0.2, 0.25) is 0 Å². The predicted molar refractivity (Wildman–Crippen MR) is 76.8 cm³/mol. The van der Waals surface area contributed by atoms with Crippen LogP contribution in [0.5, 0.6) is 0 Å². The molecule has 0 atom stereocenters. The van der Waals surface area contributed by atoms with Crippen LogP contribution < -0.4 is 0 Å². The first kappa shape index (κ1) is 11.9. The summed E-state index contributed by atoms with van der Waals surface area (Å²) in [5.41, 5.74) is 1.44. The van der Waals surface area contributed by atoms with E-state index >= 15 is 0 Å². The summed E-state index contributed by atoms with van der Waals surface area (Å²) in [7, 11) is 0. The zero-order valence-electron chi connectivity index (χ0n) is 10.3. The smallest absolute Gasteiger partial charge is 0.348 e. The monoisotopic (exact) mass is 269 g/mol. The molecule has 0 spiro atoms. The number of thiazole rings is 1. The van der Waals surface area contributed by atoms with E-state index in [0.29, 0.717) is 10.6 Å². The van der Waals surface area contributed by atoms with Gasteiger partial charge in [-0.25, -0.2) is 9.78 Å². The van der Waals surface area contributed by atoms with Gasteiger partial charge in [-0.1, -0.05) is 42.5 Å². The number of carboxylic acids is 1. The number of aryl methyl sites for hydroxylation is 1. The Kier molecular flexibility index (Phi) is 2.80. The molecule has 0 saturated carbocycles. The highest BCUT2D eigenvalue weighted by Gasteiger charge is 2.18. The predicted octanol–water partition coefficient (Wildman–Crippen LogP) is 3.97. The molecule has 1 N–H and O–H groups in total. The highest BCUT2D eigenvalue weighted by atomic mass is 32.1. The van der Waals surface area contributed by atoms with Gasteiger partial charge in [-0.15, -0.1) is 11.3 Å². The van der Waals surface area contributed by atoms with Gasteiger partial charge in [0.25, 0.3) is 0 Å². The van der Waals surface area contributed by atoms with Gasteiger partial charge < -0.3 is 5.11 Å². The molecule has 3 rings (SSSR count). The molecule has 19 heavy (non-hydrogen) atoms. The lowest BCUT2D eigenvalue weighted by Crippen LogP contribution is -1.95. The summed E-state index contributed by atoms with van der Waals surface area (Å²) in [5.74, 6) is -0.923. The molecular weight excluding hydrogens is 258 g/mol. The van der Waals surface area contributed by atoms with Crippen LogP contribution in [-0.2, 0) is 0 Å². The van der Waals surface area contributed by atoms with Gasteiger partial charge in [0, 0.05) is 5.56 Å². The summed E-state index contributed by atoms with van der Waals surface area (Å²) in [6.45, 7) is 1.83. The summed E-state index contributed by atoms with van der Waals surface area (Å²) in [4.78, 5) is 16.0. The Hall–Kier alpha value is -2.20. The summed E-state index contributed by atoms with van der Waals surface area (Å²) < 4.78 is 0. The zero-order valence-corrected chi connectivity index (χ0v) is 11.1. The van der Waals surface area contributed by atoms with E-state index in [0.717, 1.165) is 21.3 Å². The van der Waals surface area contributed by atoms with Crippen molar-refractivity contribution >= 4 is 28.1 Å². The molecule has 0 unspecified atom stereocenters. The maximum Gasteiger partial charge on any atom is 0.348 e. The standard InChI is InChI=1S/C15H11NO2S/c1-9-16-13(14(19-9)15(17)18)12-8-4-6-10-5-2-3-7-11(10)12/h2-8H,1H3,(H,17,18). The number of benzene rings is 2. The Balaban J connectivity index is 2.33. The van der Waals surface area contributed by atoms with E-state index < -0.39 is 5.97 Å². The second-order valence-corrected chi connectivity index (χ2v) is 5.45. The molecule has 1 heterocycles. The second-order valence-electron chi connectivity index (χ2n) is 4.24. The normalized spacial score (nSPS) is 10.8. The number of carbonyl (C=O) groups is 1. The minimum Gasteiger partial charge on any atom is -0.477 e. The quantitative estimate of drug-likeness (QED) is 0.765. The van der Waals surface area contributed by atoms with Crippen LogP contribution in [0.15, 0.2) is 42.5 Å². The Morgan fingerprint density at radius 3 is 2.68 bits per heavy atom. The number of rotatable bonds is 2. The van der Waals surface area contributed by atoms with E-state index in [1.54, 1.807) is 0 Å². The Bertz CT molecular complexity index is 771. The number of fused-ring (bicyclic) bond motifs is 1.